The van der Waals surface area contributed by atoms with Crippen LogP contribution in [-0.2, 0) is 23.1 Å². The van der Waals surface area contributed by atoms with Gasteiger partial charge in [-0.1, -0.05) is 30.3 Å². The van der Waals surface area contributed by atoms with Crippen molar-refractivity contribution in [2.75, 3.05) is 34.7 Å². The number of hydrogen-bond acceptors (Lipinski definition) is 4. The van der Waals surface area contributed by atoms with Crippen molar-refractivity contribution in [1.29, 1.82) is 0 Å². The molecule has 31 heavy (non-hydrogen) atoms. The zero-order valence-corrected chi connectivity index (χ0v) is 19.5. The predicted octanol–water partition coefficient (Wildman–Crippen LogP) is 1.89. The van der Waals surface area contributed by atoms with Crippen LogP contribution in [-0.4, -0.2) is 64.2 Å². The van der Waals surface area contributed by atoms with E-state index in [2.05, 4.69) is 15.6 Å². The Labute approximate surface area is 185 Å². The third-order valence-electron chi connectivity index (χ3n) is 4.55. The Balaban J connectivity index is 2.12. The van der Waals surface area contributed by atoms with Crippen LogP contribution in [0.5, 0.6) is 0 Å². The number of rotatable bonds is 8. The smallest absolute Gasteiger partial charge is 0.253 e. The first-order valence-corrected chi connectivity index (χ1v) is 11.4. The van der Waals surface area contributed by atoms with Gasteiger partial charge in [0.05, 0.1) is 11.4 Å². The summed E-state index contributed by atoms with van der Waals surface area (Å²) in [6.07, 6.45) is 0. The first-order chi connectivity index (χ1) is 14.7. The lowest BCUT2D eigenvalue weighted by Crippen LogP contribution is -2.37. The number of nitrogens with zero attached hydrogens (tertiary/aromatic N) is 3. The van der Waals surface area contributed by atoms with Crippen LogP contribution < -0.4 is 10.6 Å². The van der Waals surface area contributed by atoms with Gasteiger partial charge in [-0.3, -0.25) is 4.79 Å². The number of carbonyl (C=O) groups excluding carboxylic acids is 1. The number of carbonyl (C=O) groups is 1. The number of aliphatic imine (C=N–C) groups is 1. The molecule has 0 atom stereocenters. The molecule has 0 radical (unpaired) electrons. The number of hydrogen-bond donors (Lipinski definition) is 2. The van der Waals surface area contributed by atoms with E-state index in [1.807, 2.05) is 25.1 Å². The maximum Gasteiger partial charge on any atom is 0.253 e. The quantitative estimate of drug-likeness (QED) is 0.478. The lowest BCUT2D eigenvalue weighted by Gasteiger charge is -2.17. The van der Waals surface area contributed by atoms with E-state index in [9.17, 15) is 13.2 Å². The van der Waals surface area contributed by atoms with Gasteiger partial charge in [0.25, 0.3) is 5.91 Å². The summed E-state index contributed by atoms with van der Waals surface area (Å²) in [5.74, 6) is 0.532. The highest BCUT2D eigenvalue weighted by Gasteiger charge is 2.20. The van der Waals surface area contributed by atoms with E-state index in [0.29, 0.717) is 36.7 Å². The zero-order valence-electron chi connectivity index (χ0n) is 18.7. The van der Waals surface area contributed by atoms with Gasteiger partial charge in [0.1, 0.15) is 0 Å². The molecule has 2 N–H and O–H groups in total. The lowest BCUT2D eigenvalue weighted by molar-refractivity contribution is 0.0827. The average Bonchev–Trinajstić information content (AvgIpc) is 2.75. The summed E-state index contributed by atoms with van der Waals surface area (Å²) < 4.78 is 26.4. The summed E-state index contributed by atoms with van der Waals surface area (Å²) in [5, 5.41) is 6.37. The number of benzene rings is 2. The van der Waals surface area contributed by atoms with Gasteiger partial charge in [-0.15, -0.1) is 0 Å². The van der Waals surface area contributed by atoms with Gasteiger partial charge < -0.3 is 15.5 Å². The SMILES string of the molecule is CCNC(=NCc1ccc(C(=O)N(C)C)cc1)NCc1ccccc1S(=O)(=O)N(C)C. The molecule has 0 saturated carbocycles. The molecule has 2 aromatic carbocycles. The molecule has 0 bridgehead atoms. The van der Waals surface area contributed by atoms with Crippen molar-refractivity contribution in [2.45, 2.75) is 24.9 Å². The highest BCUT2D eigenvalue weighted by atomic mass is 32.2. The molecule has 2 aromatic rings. The van der Waals surface area contributed by atoms with Crippen LogP contribution in [0.3, 0.4) is 0 Å². The number of nitrogens with one attached hydrogen (secondary N) is 2. The highest BCUT2D eigenvalue weighted by Crippen LogP contribution is 2.18. The van der Waals surface area contributed by atoms with Crippen LogP contribution in [0.4, 0.5) is 0 Å². The van der Waals surface area contributed by atoms with E-state index >= 15 is 0 Å². The molecule has 0 unspecified atom stereocenters. The molecule has 0 aromatic heterocycles. The molecule has 9 heteroatoms. The number of guanidine groups is 1. The summed E-state index contributed by atoms with van der Waals surface area (Å²) in [7, 11) is 2.93. The summed E-state index contributed by atoms with van der Waals surface area (Å²) in [6, 6.07) is 14.2. The molecule has 0 aliphatic heterocycles. The second-order valence-electron chi connectivity index (χ2n) is 7.34. The van der Waals surface area contributed by atoms with Gasteiger partial charge >= 0.3 is 0 Å². The van der Waals surface area contributed by atoms with Crippen molar-refractivity contribution >= 4 is 21.9 Å². The topological polar surface area (TPSA) is 94.1 Å². The molecule has 0 saturated heterocycles. The molecule has 0 spiro atoms. The third kappa shape index (κ3) is 6.53. The first-order valence-electron chi connectivity index (χ1n) is 10.00. The highest BCUT2D eigenvalue weighted by molar-refractivity contribution is 7.89. The molecule has 0 heterocycles. The van der Waals surface area contributed by atoms with E-state index in [1.54, 1.807) is 44.4 Å². The van der Waals surface area contributed by atoms with Crippen LogP contribution in [0.25, 0.3) is 0 Å². The van der Waals surface area contributed by atoms with Gasteiger partial charge in [0, 0.05) is 46.8 Å². The Hall–Kier alpha value is -2.91. The fraction of sp³-hybridized carbons (Fsp3) is 0.364. The summed E-state index contributed by atoms with van der Waals surface area (Å²) >= 11 is 0. The standard InChI is InChI=1S/C22H31N5O3S/c1-6-23-22(24-15-17-11-13-18(14-12-17)21(28)26(2)3)25-16-19-9-7-8-10-20(19)31(29,30)27(4)5/h7-14H,6,15-16H2,1-5H3,(H2,23,24,25). The van der Waals surface area contributed by atoms with E-state index < -0.39 is 10.0 Å². The maximum atomic E-state index is 12.6. The summed E-state index contributed by atoms with van der Waals surface area (Å²) in [4.78, 5) is 18.4. The normalized spacial score (nSPS) is 12.0. The van der Waals surface area contributed by atoms with Crippen LogP contribution in [0, 0.1) is 0 Å². The first kappa shape index (κ1) is 24.4. The fourth-order valence-electron chi connectivity index (χ4n) is 2.80. The second kappa shape index (κ2) is 10.9. The number of amides is 1. The van der Waals surface area contributed by atoms with Crippen molar-refractivity contribution in [3.8, 4) is 0 Å². The lowest BCUT2D eigenvalue weighted by atomic mass is 10.1. The molecule has 0 aliphatic carbocycles. The maximum absolute atomic E-state index is 12.6. The molecular formula is C22H31N5O3S. The van der Waals surface area contributed by atoms with Gasteiger partial charge in [0.2, 0.25) is 10.0 Å². The molecule has 168 valence electrons. The summed E-state index contributed by atoms with van der Waals surface area (Å²) in [6.45, 7) is 3.36. The molecule has 2 rings (SSSR count). The van der Waals surface area contributed by atoms with Crippen LogP contribution in [0.2, 0.25) is 0 Å². The molecule has 0 aliphatic rings. The minimum absolute atomic E-state index is 0.0450. The van der Waals surface area contributed by atoms with E-state index in [4.69, 9.17) is 0 Å². The van der Waals surface area contributed by atoms with Crippen molar-refractivity contribution in [3.63, 3.8) is 0 Å². The minimum Gasteiger partial charge on any atom is -0.357 e. The Bertz CT molecular complexity index is 1020. The van der Waals surface area contributed by atoms with Crippen molar-refractivity contribution < 1.29 is 13.2 Å². The molecule has 1 amide bonds. The van der Waals surface area contributed by atoms with E-state index in [0.717, 1.165) is 5.56 Å². The number of sulfonamides is 1. The van der Waals surface area contributed by atoms with Gasteiger partial charge in [-0.2, -0.15) is 0 Å². The Morgan fingerprint density at radius 1 is 0.968 bits per heavy atom. The second-order valence-corrected chi connectivity index (χ2v) is 9.46. The Morgan fingerprint density at radius 2 is 1.61 bits per heavy atom. The minimum atomic E-state index is -3.54. The van der Waals surface area contributed by atoms with Crippen molar-refractivity contribution in [1.82, 2.24) is 19.8 Å². The molecule has 8 nitrogen and oxygen atoms in total. The summed E-state index contributed by atoms with van der Waals surface area (Å²) in [5.41, 5.74) is 2.25. The van der Waals surface area contributed by atoms with Crippen LogP contribution >= 0.6 is 0 Å². The van der Waals surface area contributed by atoms with Crippen LogP contribution in [0.1, 0.15) is 28.4 Å². The molecule has 0 fully saturated rings. The molecular weight excluding hydrogens is 414 g/mol. The van der Waals surface area contributed by atoms with Gasteiger partial charge in [-0.05, 0) is 36.2 Å². The van der Waals surface area contributed by atoms with Gasteiger partial charge in [-0.25, -0.2) is 17.7 Å². The zero-order chi connectivity index (χ0) is 23.0. The van der Waals surface area contributed by atoms with Crippen LogP contribution in [0.15, 0.2) is 58.4 Å². The van der Waals surface area contributed by atoms with Crippen molar-refractivity contribution in [3.05, 3.63) is 65.2 Å². The fourth-order valence-corrected chi connectivity index (χ4v) is 3.92. The monoisotopic (exact) mass is 445 g/mol. The Morgan fingerprint density at radius 3 is 2.19 bits per heavy atom. The average molecular weight is 446 g/mol. The largest absolute Gasteiger partial charge is 0.357 e. The Kier molecular flexibility index (Phi) is 8.58. The van der Waals surface area contributed by atoms with Gasteiger partial charge in [0.15, 0.2) is 5.96 Å². The van der Waals surface area contributed by atoms with E-state index in [-0.39, 0.29) is 10.8 Å². The van der Waals surface area contributed by atoms with E-state index in [1.165, 1.54) is 23.3 Å². The van der Waals surface area contributed by atoms with Crippen molar-refractivity contribution in [2.24, 2.45) is 4.99 Å². The third-order valence-corrected chi connectivity index (χ3v) is 6.46. The predicted molar refractivity (Wildman–Crippen MR) is 123 cm³/mol.